The second-order valence-electron chi connectivity index (χ2n) is 6.93. The van der Waals surface area contributed by atoms with Crippen molar-refractivity contribution in [3.63, 3.8) is 0 Å². The van der Waals surface area contributed by atoms with Crippen LogP contribution in [0.25, 0.3) is 0 Å². The Balaban J connectivity index is 1.25. The van der Waals surface area contributed by atoms with Crippen molar-refractivity contribution < 1.29 is 23.5 Å². The van der Waals surface area contributed by atoms with Gasteiger partial charge in [-0.05, 0) is 36.6 Å². The molecule has 1 aliphatic heterocycles. The Morgan fingerprint density at radius 1 is 1.00 bits per heavy atom. The molecule has 1 saturated carbocycles. The van der Waals surface area contributed by atoms with Gasteiger partial charge in [-0.15, -0.1) is 0 Å². The molecule has 1 aliphatic carbocycles. The lowest BCUT2D eigenvalue weighted by Crippen LogP contribution is -2.29. The number of rotatable bonds is 6. The van der Waals surface area contributed by atoms with E-state index in [2.05, 4.69) is 10.6 Å². The third-order valence-corrected chi connectivity index (χ3v) is 4.93. The summed E-state index contributed by atoms with van der Waals surface area (Å²) in [4.78, 5) is 24.6. The average Bonchev–Trinajstić information content (AvgIpc) is 3.50. The maximum absolute atomic E-state index is 13.6. The minimum absolute atomic E-state index is 0.168. The number of hydrogen-bond acceptors (Lipinski definition) is 4. The highest BCUT2D eigenvalue weighted by Gasteiger charge is 2.47. The molecule has 0 bridgehead atoms. The Hall–Kier alpha value is -3.09. The van der Waals surface area contributed by atoms with Crippen LogP contribution in [0.4, 0.5) is 10.1 Å². The van der Waals surface area contributed by atoms with Crippen LogP contribution in [0.3, 0.4) is 0 Å². The standard InChI is InChI=1S/C21H21FN2O4/c22-17-4-2-1-3-13(17)7-8-23-20(25)15-12-16(15)21(26)24-14-5-6-18-19(11-14)28-10-9-27-18/h1-6,11,15-16H,7-10,12H2,(H,23,25)(H,24,26). The zero-order chi connectivity index (χ0) is 19.5. The first-order valence-corrected chi connectivity index (χ1v) is 9.33. The van der Waals surface area contributed by atoms with E-state index >= 15 is 0 Å². The van der Waals surface area contributed by atoms with Crippen molar-refractivity contribution in [2.45, 2.75) is 12.8 Å². The van der Waals surface area contributed by atoms with Crippen LogP contribution in [0.5, 0.6) is 11.5 Å². The predicted octanol–water partition coefficient (Wildman–Crippen LogP) is 2.53. The molecule has 2 aromatic carbocycles. The number of hydrogen-bond donors (Lipinski definition) is 2. The van der Waals surface area contributed by atoms with Gasteiger partial charge in [-0.2, -0.15) is 0 Å². The van der Waals surface area contributed by atoms with Crippen LogP contribution in [-0.2, 0) is 16.0 Å². The summed E-state index contributed by atoms with van der Waals surface area (Å²) in [5, 5.41) is 5.61. The molecule has 4 rings (SSSR count). The quantitative estimate of drug-likeness (QED) is 0.803. The summed E-state index contributed by atoms with van der Waals surface area (Å²) in [6.07, 6.45) is 0.932. The molecule has 2 N–H and O–H groups in total. The summed E-state index contributed by atoms with van der Waals surface area (Å²) >= 11 is 0. The van der Waals surface area contributed by atoms with Crippen molar-refractivity contribution >= 4 is 17.5 Å². The van der Waals surface area contributed by atoms with E-state index in [0.717, 1.165) is 0 Å². The van der Waals surface area contributed by atoms with E-state index in [4.69, 9.17) is 9.47 Å². The number of carbonyl (C=O) groups is 2. The van der Waals surface area contributed by atoms with Gasteiger partial charge in [0.25, 0.3) is 0 Å². The van der Waals surface area contributed by atoms with Gasteiger partial charge in [-0.3, -0.25) is 9.59 Å². The molecule has 1 fully saturated rings. The minimum Gasteiger partial charge on any atom is -0.486 e. The van der Waals surface area contributed by atoms with Crippen molar-refractivity contribution in [1.29, 1.82) is 0 Å². The monoisotopic (exact) mass is 384 g/mol. The van der Waals surface area contributed by atoms with E-state index in [0.29, 0.717) is 55.4 Å². The van der Waals surface area contributed by atoms with Gasteiger partial charge in [-0.25, -0.2) is 4.39 Å². The zero-order valence-corrected chi connectivity index (χ0v) is 15.2. The van der Waals surface area contributed by atoms with Crippen LogP contribution in [0, 0.1) is 17.7 Å². The molecule has 28 heavy (non-hydrogen) atoms. The van der Waals surface area contributed by atoms with E-state index in [9.17, 15) is 14.0 Å². The first-order chi connectivity index (χ1) is 13.6. The van der Waals surface area contributed by atoms with E-state index in [1.165, 1.54) is 6.07 Å². The van der Waals surface area contributed by atoms with Crippen LogP contribution in [0.15, 0.2) is 42.5 Å². The Kier molecular flexibility index (Phi) is 5.14. The maximum atomic E-state index is 13.6. The Morgan fingerprint density at radius 2 is 1.75 bits per heavy atom. The number of amides is 2. The highest BCUT2D eigenvalue weighted by atomic mass is 19.1. The van der Waals surface area contributed by atoms with Crippen molar-refractivity contribution in [2.24, 2.45) is 11.8 Å². The molecule has 0 radical (unpaired) electrons. The van der Waals surface area contributed by atoms with Crippen molar-refractivity contribution in [3.8, 4) is 11.5 Å². The fourth-order valence-corrected chi connectivity index (χ4v) is 3.28. The minimum atomic E-state index is -0.346. The van der Waals surface area contributed by atoms with Gasteiger partial charge in [0.15, 0.2) is 11.5 Å². The van der Waals surface area contributed by atoms with Crippen LogP contribution in [0.1, 0.15) is 12.0 Å². The summed E-state index contributed by atoms with van der Waals surface area (Å²) in [5.74, 6) is -0.0611. The lowest BCUT2D eigenvalue weighted by atomic mass is 10.1. The first-order valence-electron chi connectivity index (χ1n) is 9.33. The second-order valence-corrected chi connectivity index (χ2v) is 6.93. The van der Waals surface area contributed by atoms with Gasteiger partial charge in [0.05, 0.1) is 11.8 Å². The smallest absolute Gasteiger partial charge is 0.228 e. The predicted molar refractivity (Wildman–Crippen MR) is 101 cm³/mol. The van der Waals surface area contributed by atoms with Crippen LogP contribution >= 0.6 is 0 Å². The molecular weight excluding hydrogens is 363 g/mol. The highest BCUT2D eigenvalue weighted by Crippen LogP contribution is 2.40. The third-order valence-electron chi connectivity index (χ3n) is 4.93. The molecule has 7 heteroatoms. The number of fused-ring (bicyclic) bond motifs is 1. The number of anilines is 1. The number of ether oxygens (including phenoxy) is 2. The molecule has 2 unspecified atom stereocenters. The lowest BCUT2D eigenvalue weighted by Gasteiger charge is -2.19. The average molecular weight is 384 g/mol. The molecular formula is C21H21FN2O4. The maximum Gasteiger partial charge on any atom is 0.228 e. The SMILES string of the molecule is O=C(NCCc1ccccc1F)C1CC1C(=O)Nc1ccc2c(c1)OCCO2. The van der Waals surface area contributed by atoms with Gasteiger partial charge in [-0.1, -0.05) is 18.2 Å². The van der Waals surface area contributed by atoms with E-state index in [1.807, 2.05) is 0 Å². The molecule has 0 saturated heterocycles. The summed E-state index contributed by atoms with van der Waals surface area (Å²) in [6.45, 7) is 1.32. The van der Waals surface area contributed by atoms with Gasteiger partial charge >= 0.3 is 0 Å². The molecule has 1 heterocycles. The van der Waals surface area contributed by atoms with Gasteiger partial charge in [0.2, 0.25) is 11.8 Å². The Morgan fingerprint density at radius 3 is 2.57 bits per heavy atom. The third kappa shape index (κ3) is 4.08. The second kappa shape index (κ2) is 7.88. The van der Waals surface area contributed by atoms with Crippen molar-refractivity contribution in [1.82, 2.24) is 5.32 Å². The molecule has 146 valence electrons. The van der Waals surface area contributed by atoms with Crippen molar-refractivity contribution in [2.75, 3.05) is 25.1 Å². The first kappa shape index (κ1) is 18.3. The van der Waals surface area contributed by atoms with Crippen molar-refractivity contribution in [3.05, 3.63) is 53.8 Å². The van der Waals surface area contributed by atoms with E-state index in [1.54, 1.807) is 36.4 Å². The molecule has 0 aromatic heterocycles. The molecule has 2 amide bonds. The van der Waals surface area contributed by atoms with E-state index in [-0.39, 0.29) is 29.5 Å². The topological polar surface area (TPSA) is 76.7 Å². The summed E-state index contributed by atoms with van der Waals surface area (Å²) < 4.78 is 24.5. The summed E-state index contributed by atoms with van der Waals surface area (Å²) in [6, 6.07) is 11.7. The molecule has 2 atom stereocenters. The van der Waals surface area contributed by atoms with Crippen LogP contribution in [-0.4, -0.2) is 31.6 Å². The number of halogens is 1. The van der Waals surface area contributed by atoms with Crippen LogP contribution < -0.4 is 20.1 Å². The summed E-state index contributed by atoms with van der Waals surface area (Å²) in [5.41, 5.74) is 1.17. The number of nitrogens with one attached hydrogen (secondary N) is 2. The molecule has 0 spiro atoms. The summed E-state index contributed by atoms with van der Waals surface area (Å²) in [7, 11) is 0. The fraction of sp³-hybridized carbons (Fsp3) is 0.333. The normalized spacial score (nSPS) is 19.6. The van der Waals surface area contributed by atoms with E-state index < -0.39 is 0 Å². The van der Waals surface area contributed by atoms with Crippen LogP contribution in [0.2, 0.25) is 0 Å². The molecule has 2 aliphatic rings. The fourth-order valence-electron chi connectivity index (χ4n) is 3.28. The van der Waals surface area contributed by atoms with Gasteiger partial charge in [0, 0.05) is 18.3 Å². The largest absolute Gasteiger partial charge is 0.486 e. The molecule has 6 nitrogen and oxygen atoms in total. The Labute approximate surface area is 162 Å². The Bertz CT molecular complexity index is 902. The highest BCUT2D eigenvalue weighted by molar-refractivity contribution is 5.99. The molecule has 2 aromatic rings. The number of benzene rings is 2. The lowest BCUT2D eigenvalue weighted by molar-refractivity contribution is -0.125. The number of carbonyl (C=O) groups excluding carboxylic acids is 2. The zero-order valence-electron chi connectivity index (χ0n) is 15.2. The van der Waals surface area contributed by atoms with Gasteiger partial charge in [0.1, 0.15) is 19.0 Å². The van der Waals surface area contributed by atoms with Gasteiger partial charge < -0.3 is 20.1 Å².